The number of hydrogen-bond donors (Lipinski definition) is 0. The van der Waals surface area contributed by atoms with E-state index in [1.165, 1.54) is 0 Å². The molecule has 0 aromatic rings. The molecule has 0 saturated carbocycles. The van der Waals surface area contributed by atoms with Crippen LogP contribution in [0.4, 0.5) is 0 Å². The Hall–Kier alpha value is 1.38. The molecule has 0 aliphatic heterocycles. The third-order valence-electron chi connectivity index (χ3n) is 0. The zero-order valence-corrected chi connectivity index (χ0v) is 6.40. The largest absolute Gasteiger partial charge is 0.0973 e. The fourth-order valence-corrected chi connectivity index (χ4v) is 0. The van der Waals surface area contributed by atoms with E-state index < -0.39 is 0 Å². The number of thiocarbonyl (C=S) groups is 1. The predicted molar refractivity (Wildman–Crippen MR) is 26.1 cm³/mol. The van der Waals surface area contributed by atoms with E-state index in [2.05, 4.69) is 18.1 Å². The van der Waals surface area contributed by atoms with Crippen molar-refractivity contribution in [1.29, 1.82) is 0 Å². The first-order valence-electron chi connectivity index (χ1n) is 1.29. The Labute approximate surface area is 69.8 Å². The van der Waals surface area contributed by atoms with Crippen molar-refractivity contribution in [2.75, 3.05) is 0 Å². The maximum absolute atomic E-state index is 3.83. The van der Waals surface area contributed by atoms with E-state index in [0.29, 0.717) is 0 Å². The molecule has 0 aliphatic rings. The molecule has 0 bridgehead atoms. The Balaban J connectivity index is -0.0000000133. The molecular weight excluding hydrogens is 227 g/mol. The van der Waals surface area contributed by atoms with Crippen LogP contribution in [0.15, 0.2) is 0 Å². The SMILES string of the molecule is C=S.CC.[Tb]. The molecule has 0 nitrogen and oxygen atoms in total. The number of hydrogen-bond acceptors (Lipinski definition) is 1. The molecule has 35 valence electrons. The monoisotopic (exact) mass is 235 g/mol. The van der Waals surface area contributed by atoms with Gasteiger partial charge >= 0.3 is 0 Å². The fraction of sp³-hybridized carbons (Fsp3) is 0.667. The molecule has 0 heterocycles. The maximum Gasteiger partial charge on any atom is 0 e. The van der Waals surface area contributed by atoms with Crippen LogP contribution in [0.2, 0.25) is 0 Å². The van der Waals surface area contributed by atoms with Gasteiger partial charge in [0.25, 0.3) is 0 Å². The van der Waals surface area contributed by atoms with E-state index in [1.807, 2.05) is 13.8 Å². The van der Waals surface area contributed by atoms with Crippen molar-refractivity contribution in [3.05, 3.63) is 0 Å². The summed E-state index contributed by atoms with van der Waals surface area (Å²) in [5.41, 5.74) is 0. The summed E-state index contributed by atoms with van der Waals surface area (Å²) >= 11 is 3.83. The Morgan fingerprint density at radius 2 is 1.20 bits per heavy atom. The fourth-order valence-electron chi connectivity index (χ4n) is 0. The number of rotatable bonds is 0. The van der Waals surface area contributed by atoms with Crippen molar-refractivity contribution >= 4 is 18.1 Å². The molecule has 0 unspecified atom stereocenters. The van der Waals surface area contributed by atoms with E-state index >= 15 is 0 Å². The minimum Gasteiger partial charge on any atom is -0.0973 e. The first-order chi connectivity index (χ1) is 2.00. The molecule has 5 heavy (non-hydrogen) atoms. The van der Waals surface area contributed by atoms with Gasteiger partial charge in [0, 0.05) is 38.6 Å². The molecule has 0 aromatic carbocycles. The summed E-state index contributed by atoms with van der Waals surface area (Å²) in [4.78, 5) is 0. The van der Waals surface area contributed by atoms with E-state index in [4.69, 9.17) is 0 Å². The second-order valence-electron chi connectivity index (χ2n) is 0. The average molecular weight is 235 g/mol. The molecule has 0 fully saturated rings. The van der Waals surface area contributed by atoms with Crippen LogP contribution in [0.3, 0.4) is 0 Å². The van der Waals surface area contributed by atoms with Crippen molar-refractivity contribution in [1.82, 2.24) is 0 Å². The first kappa shape index (κ1) is 16.2. The second kappa shape index (κ2) is 54.4. The van der Waals surface area contributed by atoms with Crippen molar-refractivity contribution in [2.24, 2.45) is 0 Å². The van der Waals surface area contributed by atoms with Crippen molar-refractivity contribution < 1.29 is 38.6 Å². The summed E-state index contributed by atoms with van der Waals surface area (Å²) in [6, 6.07) is 0. The summed E-state index contributed by atoms with van der Waals surface area (Å²) in [5, 5.41) is 0. The second-order valence-corrected chi connectivity index (χ2v) is 0. The summed E-state index contributed by atoms with van der Waals surface area (Å²) in [6.45, 7) is 4.00. The molecule has 0 aromatic heterocycles. The van der Waals surface area contributed by atoms with Gasteiger partial charge in [-0.2, -0.15) is 0 Å². The quantitative estimate of drug-likeness (QED) is 0.575. The van der Waals surface area contributed by atoms with Crippen molar-refractivity contribution in [2.45, 2.75) is 13.8 Å². The van der Waals surface area contributed by atoms with E-state index in [9.17, 15) is 0 Å². The van der Waals surface area contributed by atoms with Crippen LogP contribution >= 0.6 is 12.2 Å². The maximum atomic E-state index is 3.83. The van der Waals surface area contributed by atoms with Gasteiger partial charge in [-0.1, -0.05) is 26.1 Å². The predicted octanol–water partition coefficient (Wildman–Crippen LogP) is 1.64. The summed E-state index contributed by atoms with van der Waals surface area (Å²) in [7, 11) is 0. The minimum atomic E-state index is 0. The van der Waals surface area contributed by atoms with Gasteiger partial charge in [0.15, 0.2) is 0 Å². The average Bonchev–Trinajstić information content (AvgIpc) is 1.50. The van der Waals surface area contributed by atoms with E-state index in [-0.39, 0.29) is 38.6 Å². The first-order valence-corrected chi connectivity index (χ1v) is 1.87. The van der Waals surface area contributed by atoms with Crippen molar-refractivity contribution in [3.8, 4) is 0 Å². The van der Waals surface area contributed by atoms with Crippen LogP contribution in [-0.2, 0) is 0 Å². The van der Waals surface area contributed by atoms with E-state index in [1.54, 1.807) is 0 Å². The van der Waals surface area contributed by atoms with Crippen molar-refractivity contribution in [3.63, 3.8) is 0 Å². The molecule has 1 radical (unpaired) electrons. The van der Waals surface area contributed by atoms with Crippen LogP contribution in [0, 0.1) is 38.6 Å². The van der Waals surface area contributed by atoms with Crippen LogP contribution in [0.25, 0.3) is 0 Å². The van der Waals surface area contributed by atoms with Gasteiger partial charge in [-0.05, 0) is 5.87 Å². The van der Waals surface area contributed by atoms with Crippen LogP contribution in [0.5, 0.6) is 0 Å². The summed E-state index contributed by atoms with van der Waals surface area (Å²) in [6.07, 6.45) is 0. The molecular formula is C3H8STb. The Kier molecular flexibility index (Phi) is 176. The minimum absolute atomic E-state index is 0. The van der Waals surface area contributed by atoms with Gasteiger partial charge in [-0.15, -0.1) is 0 Å². The normalized spacial score (nSPS) is 2.00. The smallest absolute Gasteiger partial charge is 0 e. The molecule has 0 N–H and O–H groups in total. The molecule has 0 atom stereocenters. The molecule has 0 rings (SSSR count). The van der Waals surface area contributed by atoms with Gasteiger partial charge in [-0.25, -0.2) is 0 Å². The zero-order chi connectivity index (χ0) is 4.00. The zero-order valence-electron chi connectivity index (χ0n) is 3.45. The van der Waals surface area contributed by atoms with Crippen LogP contribution < -0.4 is 0 Å². The Morgan fingerprint density at radius 1 is 1.20 bits per heavy atom. The molecule has 0 saturated heterocycles. The Bertz CT molecular complexity index is 6.85. The van der Waals surface area contributed by atoms with Gasteiger partial charge in [-0.3, -0.25) is 0 Å². The standard InChI is InChI=1S/C2H6.CH2S.Tb/c2*1-2;/h1-2H3;1H2;. The van der Waals surface area contributed by atoms with Gasteiger partial charge in [0.2, 0.25) is 0 Å². The van der Waals surface area contributed by atoms with Gasteiger partial charge in [0.05, 0.1) is 0 Å². The topological polar surface area (TPSA) is 0 Å². The summed E-state index contributed by atoms with van der Waals surface area (Å²) < 4.78 is 0. The molecule has 0 aliphatic carbocycles. The van der Waals surface area contributed by atoms with Crippen LogP contribution in [0.1, 0.15) is 13.8 Å². The molecule has 0 spiro atoms. The van der Waals surface area contributed by atoms with E-state index in [0.717, 1.165) is 0 Å². The Morgan fingerprint density at radius 3 is 1.20 bits per heavy atom. The third-order valence-corrected chi connectivity index (χ3v) is 0. The molecule has 2 heteroatoms. The van der Waals surface area contributed by atoms with Gasteiger partial charge < -0.3 is 0 Å². The molecule has 0 amide bonds. The van der Waals surface area contributed by atoms with Crippen LogP contribution in [-0.4, -0.2) is 5.87 Å². The third kappa shape index (κ3) is 32.4. The summed E-state index contributed by atoms with van der Waals surface area (Å²) in [5.74, 6) is 2.83. The van der Waals surface area contributed by atoms with Gasteiger partial charge in [0.1, 0.15) is 0 Å².